The summed E-state index contributed by atoms with van der Waals surface area (Å²) in [5, 5.41) is 1.16. The molecule has 1 saturated heterocycles. The number of hydrogen-bond donors (Lipinski definition) is 1. The first-order valence-electron chi connectivity index (χ1n) is 6.77. The van der Waals surface area contributed by atoms with Gasteiger partial charge in [-0.25, -0.2) is 0 Å². The van der Waals surface area contributed by atoms with Gasteiger partial charge in [0.25, 0.3) is 0 Å². The van der Waals surface area contributed by atoms with Crippen LogP contribution in [0.4, 0.5) is 10.7 Å². The summed E-state index contributed by atoms with van der Waals surface area (Å²) < 4.78 is 0. The number of anilines is 2. The zero-order chi connectivity index (χ0) is 13.1. The van der Waals surface area contributed by atoms with Crippen LogP contribution in [0.15, 0.2) is 6.07 Å². The lowest BCUT2D eigenvalue weighted by Gasteiger charge is -2.20. The first-order valence-corrected chi connectivity index (χ1v) is 7.58. The van der Waals surface area contributed by atoms with Gasteiger partial charge in [-0.1, -0.05) is 13.3 Å². The molecular weight excluding hydrogens is 244 g/mol. The molecule has 1 aliphatic heterocycles. The average molecular weight is 266 g/mol. The highest BCUT2D eigenvalue weighted by molar-refractivity contribution is 7.18. The molecule has 1 atom stereocenters. The first kappa shape index (κ1) is 13.4. The van der Waals surface area contributed by atoms with Gasteiger partial charge in [0.15, 0.2) is 5.78 Å². The molecular formula is C14H22N2OS. The topological polar surface area (TPSA) is 46.3 Å². The van der Waals surface area contributed by atoms with Crippen LogP contribution in [0.25, 0.3) is 0 Å². The molecule has 2 N–H and O–H groups in total. The third-order valence-electron chi connectivity index (χ3n) is 3.80. The van der Waals surface area contributed by atoms with E-state index in [9.17, 15) is 4.79 Å². The highest BCUT2D eigenvalue weighted by Gasteiger charge is 2.19. The van der Waals surface area contributed by atoms with E-state index < -0.39 is 0 Å². The zero-order valence-corrected chi connectivity index (χ0v) is 12.1. The number of Topliss-reactive ketones (excluding diaryl/α,β-unsaturated/α-hetero) is 1. The molecule has 3 nitrogen and oxygen atoms in total. The summed E-state index contributed by atoms with van der Waals surface area (Å²) >= 11 is 1.54. The molecule has 1 fully saturated rings. The Labute approximate surface area is 113 Å². The number of hydrogen-bond acceptors (Lipinski definition) is 4. The van der Waals surface area contributed by atoms with Crippen LogP contribution in [-0.2, 0) is 0 Å². The summed E-state index contributed by atoms with van der Waals surface area (Å²) in [6, 6.07) is 1.97. The molecule has 100 valence electrons. The van der Waals surface area contributed by atoms with E-state index in [0.29, 0.717) is 10.6 Å². The molecule has 0 spiro atoms. The molecule has 18 heavy (non-hydrogen) atoms. The minimum absolute atomic E-state index is 0.0741. The van der Waals surface area contributed by atoms with E-state index >= 15 is 0 Å². The number of carbonyl (C=O) groups is 1. The molecule has 1 aromatic heterocycles. The molecule has 1 aliphatic rings. The molecule has 0 bridgehead atoms. The van der Waals surface area contributed by atoms with Crippen molar-refractivity contribution in [2.45, 2.75) is 39.5 Å². The van der Waals surface area contributed by atoms with Crippen molar-refractivity contribution in [3.05, 3.63) is 10.9 Å². The summed E-state index contributed by atoms with van der Waals surface area (Å²) in [7, 11) is 0. The van der Waals surface area contributed by atoms with E-state index in [4.69, 9.17) is 5.73 Å². The van der Waals surface area contributed by atoms with Crippen molar-refractivity contribution in [2.75, 3.05) is 23.7 Å². The van der Waals surface area contributed by atoms with Crippen molar-refractivity contribution in [3.8, 4) is 0 Å². The molecule has 0 aromatic carbocycles. The van der Waals surface area contributed by atoms with E-state index in [2.05, 4.69) is 11.8 Å². The van der Waals surface area contributed by atoms with Crippen molar-refractivity contribution in [1.29, 1.82) is 0 Å². The Balaban J connectivity index is 2.11. The van der Waals surface area contributed by atoms with Crippen LogP contribution < -0.4 is 10.6 Å². The number of thiophene rings is 1. The standard InChI is InChI=1S/C14H22N2OS/c1-3-11-5-4-7-16(8-6-11)13-9-12(15)14(18-13)10(2)17/h9,11H,3-8,15H2,1-2H3. The Hall–Kier alpha value is -1.03. The molecule has 0 saturated carbocycles. The van der Waals surface area contributed by atoms with Gasteiger partial charge in [0.2, 0.25) is 0 Å². The van der Waals surface area contributed by atoms with Gasteiger partial charge in [-0.05, 0) is 31.2 Å². The summed E-state index contributed by atoms with van der Waals surface area (Å²) in [6.07, 6.45) is 5.10. The Morgan fingerprint density at radius 1 is 1.50 bits per heavy atom. The van der Waals surface area contributed by atoms with E-state index in [1.54, 1.807) is 18.3 Å². The molecule has 1 aromatic rings. The lowest BCUT2D eigenvalue weighted by Crippen LogP contribution is -2.23. The molecule has 0 amide bonds. The average Bonchev–Trinajstić information content (AvgIpc) is 2.60. The second-order valence-corrected chi connectivity index (χ2v) is 6.15. The minimum Gasteiger partial charge on any atom is -0.397 e. The fourth-order valence-corrected chi connectivity index (χ4v) is 3.64. The lowest BCUT2D eigenvalue weighted by atomic mass is 9.98. The maximum atomic E-state index is 11.4. The van der Waals surface area contributed by atoms with Crippen molar-refractivity contribution >= 4 is 27.8 Å². The first-order chi connectivity index (χ1) is 8.61. The lowest BCUT2D eigenvalue weighted by molar-refractivity contribution is 0.102. The van der Waals surface area contributed by atoms with Crippen LogP contribution in [0.5, 0.6) is 0 Å². The van der Waals surface area contributed by atoms with Gasteiger partial charge >= 0.3 is 0 Å². The van der Waals surface area contributed by atoms with Crippen LogP contribution >= 0.6 is 11.3 Å². The number of nitrogens with zero attached hydrogens (tertiary/aromatic N) is 1. The number of ketones is 1. The van der Waals surface area contributed by atoms with Crippen LogP contribution in [-0.4, -0.2) is 18.9 Å². The van der Waals surface area contributed by atoms with Crippen LogP contribution in [0.1, 0.15) is 49.2 Å². The van der Waals surface area contributed by atoms with E-state index in [1.807, 2.05) is 6.07 Å². The Bertz CT molecular complexity index is 427. The van der Waals surface area contributed by atoms with Crippen molar-refractivity contribution in [2.24, 2.45) is 5.92 Å². The van der Waals surface area contributed by atoms with E-state index in [-0.39, 0.29) is 5.78 Å². The van der Waals surface area contributed by atoms with Crippen LogP contribution in [0.3, 0.4) is 0 Å². The Morgan fingerprint density at radius 2 is 2.28 bits per heavy atom. The SMILES string of the molecule is CCC1CCCN(c2cc(N)c(C(C)=O)s2)CC1. The fraction of sp³-hybridized carbons (Fsp3) is 0.643. The molecule has 0 radical (unpaired) electrons. The number of carbonyl (C=O) groups excluding carboxylic acids is 1. The molecule has 2 heterocycles. The Kier molecular flexibility index (Phi) is 4.27. The van der Waals surface area contributed by atoms with Crippen molar-refractivity contribution < 1.29 is 4.79 Å². The number of nitrogen functional groups attached to an aromatic ring is 1. The summed E-state index contributed by atoms with van der Waals surface area (Å²) in [4.78, 5) is 14.5. The van der Waals surface area contributed by atoms with Gasteiger partial charge < -0.3 is 10.6 Å². The van der Waals surface area contributed by atoms with Gasteiger partial charge in [0.05, 0.1) is 15.6 Å². The van der Waals surface area contributed by atoms with Crippen LogP contribution in [0, 0.1) is 5.92 Å². The Morgan fingerprint density at radius 3 is 2.89 bits per heavy atom. The van der Waals surface area contributed by atoms with Gasteiger partial charge in [0.1, 0.15) is 0 Å². The summed E-state index contributed by atoms with van der Waals surface area (Å²) in [6.45, 7) is 6.04. The molecule has 0 aliphatic carbocycles. The van der Waals surface area contributed by atoms with Crippen molar-refractivity contribution in [3.63, 3.8) is 0 Å². The second kappa shape index (κ2) is 5.74. The summed E-state index contributed by atoms with van der Waals surface area (Å²) in [5.41, 5.74) is 6.54. The van der Waals surface area contributed by atoms with Gasteiger partial charge in [-0.2, -0.15) is 0 Å². The number of nitrogens with two attached hydrogens (primary N) is 1. The molecule has 1 unspecified atom stereocenters. The summed E-state index contributed by atoms with van der Waals surface area (Å²) in [5.74, 6) is 0.935. The fourth-order valence-electron chi connectivity index (χ4n) is 2.62. The third kappa shape index (κ3) is 2.86. The maximum Gasteiger partial charge on any atom is 0.171 e. The van der Waals surface area contributed by atoms with E-state index in [0.717, 1.165) is 24.0 Å². The minimum atomic E-state index is 0.0741. The predicted octanol–water partition coefficient (Wildman–Crippen LogP) is 3.55. The van der Waals surface area contributed by atoms with Crippen LogP contribution in [0.2, 0.25) is 0 Å². The molecule has 2 rings (SSSR count). The largest absolute Gasteiger partial charge is 0.397 e. The zero-order valence-electron chi connectivity index (χ0n) is 11.2. The normalized spacial score (nSPS) is 20.8. The maximum absolute atomic E-state index is 11.4. The smallest absolute Gasteiger partial charge is 0.171 e. The molecule has 4 heteroatoms. The highest BCUT2D eigenvalue weighted by Crippen LogP contribution is 2.34. The number of rotatable bonds is 3. The van der Waals surface area contributed by atoms with E-state index in [1.165, 1.54) is 25.7 Å². The monoisotopic (exact) mass is 266 g/mol. The third-order valence-corrected chi connectivity index (χ3v) is 5.12. The predicted molar refractivity (Wildman–Crippen MR) is 78.6 cm³/mol. The van der Waals surface area contributed by atoms with Gasteiger partial charge in [-0.3, -0.25) is 4.79 Å². The van der Waals surface area contributed by atoms with Gasteiger partial charge in [-0.15, -0.1) is 11.3 Å². The highest BCUT2D eigenvalue weighted by atomic mass is 32.1. The van der Waals surface area contributed by atoms with Crippen molar-refractivity contribution in [1.82, 2.24) is 0 Å². The van der Waals surface area contributed by atoms with Gasteiger partial charge in [0, 0.05) is 20.0 Å². The second-order valence-electron chi connectivity index (χ2n) is 5.12. The quantitative estimate of drug-likeness (QED) is 0.851.